The van der Waals surface area contributed by atoms with E-state index in [2.05, 4.69) is 25.7 Å². The molecule has 6 heteroatoms. The van der Waals surface area contributed by atoms with Crippen LogP contribution in [0.5, 0.6) is 0 Å². The van der Waals surface area contributed by atoms with Crippen molar-refractivity contribution in [3.8, 4) is 0 Å². The summed E-state index contributed by atoms with van der Waals surface area (Å²) >= 11 is 0. The summed E-state index contributed by atoms with van der Waals surface area (Å²) < 4.78 is 13.4. The van der Waals surface area contributed by atoms with Crippen LogP contribution in [0.2, 0.25) is 0 Å². The van der Waals surface area contributed by atoms with Crippen LogP contribution in [0.1, 0.15) is 68.6 Å². The van der Waals surface area contributed by atoms with Crippen molar-refractivity contribution in [2.24, 2.45) is 5.92 Å². The smallest absolute Gasteiger partial charge is 0.225 e. The molecule has 0 bridgehead atoms. The Kier molecular flexibility index (Phi) is 6.54. The number of rotatable bonds is 7. The third-order valence-corrected chi connectivity index (χ3v) is 6.59. The van der Waals surface area contributed by atoms with Gasteiger partial charge in [-0.25, -0.2) is 14.4 Å². The lowest BCUT2D eigenvalue weighted by molar-refractivity contribution is -0.132. The number of aryl methyl sites for hydroxylation is 1. The topological polar surface area (TPSA) is 49.3 Å². The second-order valence-electron chi connectivity index (χ2n) is 8.88. The average molecular weight is 425 g/mol. The van der Waals surface area contributed by atoms with Gasteiger partial charge in [0.2, 0.25) is 5.91 Å². The zero-order valence-electron chi connectivity index (χ0n) is 18.9. The molecule has 0 N–H and O–H groups in total. The first-order valence-electron chi connectivity index (χ1n) is 11.7. The van der Waals surface area contributed by atoms with Gasteiger partial charge >= 0.3 is 0 Å². The van der Waals surface area contributed by atoms with Gasteiger partial charge < -0.3 is 9.80 Å². The van der Waals surface area contributed by atoms with Gasteiger partial charge in [-0.2, -0.15) is 0 Å². The monoisotopic (exact) mass is 424 g/mol. The normalized spacial score (nSPS) is 17.7. The number of hydrogen-bond donors (Lipinski definition) is 0. The zero-order valence-corrected chi connectivity index (χ0v) is 18.9. The molecule has 1 saturated carbocycles. The highest BCUT2D eigenvalue weighted by atomic mass is 19.1. The molecule has 0 radical (unpaired) electrons. The van der Waals surface area contributed by atoms with E-state index in [4.69, 9.17) is 9.97 Å². The number of hydrogen-bond acceptors (Lipinski definition) is 4. The van der Waals surface area contributed by atoms with E-state index in [0.717, 1.165) is 80.3 Å². The number of carbonyl (C=O) groups is 1. The number of nitrogens with zero attached hydrogens (tertiary/aromatic N) is 4. The molecular weight excluding hydrogens is 391 g/mol. The van der Waals surface area contributed by atoms with Crippen molar-refractivity contribution < 1.29 is 9.18 Å². The number of carbonyl (C=O) groups excluding carboxylic acids is 1. The summed E-state index contributed by atoms with van der Waals surface area (Å²) in [4.78, 5) is 26.8. The summed E-state index contributed by atoms with van der Waals surface area (Å²) in [6.45, 7) is 9.53. The van der Waals surface area contributed by atoms with Crippen LogP contribution >= 0.6 is 0 Å². The highest BCUT2D eigenvalue weighted by Crippen LogP contribution is 2.32. The van der Waals surface area contributed by atoms with E-state index in [-0.39, 0.29) is 11.7 Å². The van der Waals surface area contributed by atoms with Gasteiger partial charge in [0.15, 0.2) is 0 Å². The van der Waals surface area contributed by atoms with Crippen LogP contribution in [0, 0.1) is 11.7 Å². The highest BCUT2D eigenvalue weighted by molar-refractivity contribution is 5.81. The quantitative estimate of drug-likeness (QED) is 0.663. The van der Waals surface area contributed by atoms with Gasteiger partial charge in [-0.15, -0.1) is 0 Å². The van der Waals surface area contributed by atoms with Crippen molar-refractivity contribution in [3.05, 3.63) is 52.7 Å². The van der Waals surface area contributed by atoms with Crippen molar-refractivity contribution in [3.63, 3.8) is 0 Å². The van der Waals surface area contributed by atoms with E-state index in [0.29, 0.717) is 18.2 Å². The maximum absolute atomic E-state index is 13.4. The third kappa shape index (κ3) is 4.89. The van der Waals surface area contributed by atoms with Crippen LogP contribution < -0.4 is 4.90 Å². The molecule has 0 spiro atoms. The molecule has 1 saturated heterocycles. The summed E-state index contributed by atoms with van der Waals surface area (Å²) in [5.41, 5.74) is 3.25. The molecule has 2 fully saturated rings. The predicted octanol–water partition coefficient (Wildman–Crippen LogP) is 4.34. The first kappa shape index (κ1) is 21.7. The molecule has 4 rings (SSSR count). The number of piperazine rings is 1. The Bertz CT molecular complexity index is 918. The van der Waals surface area contributed by atoms with Crippen LogP contribution in [-0.2, 0) is 17.6 Å². The second kappa shape index (κ2) is 9.33. The third-order valence-electron chi connectivity index (χ3n) is 6.59. The number of halogens is 1. The lowest BCUT2D eigenvalue weighted by Gasteiger charge is -2.37. The van der Waals surface area contributed by atoms with Gasteiger partial charge in [0, 0.05) is 55.7 Å². The lowest BCUT2D eigenvalue weighted by atomic mass is 10.0. The Hall–Kier alpha value is -2.50. The summed E-state index contributed by atoms with van der Waals surface area (Å²) in [7, 11) is 0. The van der Waals surface area contributed by atoms with Gasteiger partial charge in [0.1, 0.15) is 17.5 Å². The SMILES string of the molecule is CCc1nc([C@H](C)CC)nc(N2CCN(C(=O)C3CC3)CC2)c1Cc1ccc(F)cc1. The molecule has 2 aromatic rings. The Morgan fingerprint density at radius 1 is 1.10 bits per heavy atom. The Labute approximate surface area is 184 Å². The van der Waals surface area contributed by atoms with E-state index in [1.54, 1.807) is 0 Å². The molecule has 1 amide bonds. The summed E-state index contributed by atoms with van der Waals surface area (Å²) in [6, 6.07) is 6.70. The van der Waals surface area contributed by atoms with Gasteiger partial charge in [0.25, 0.3) is 0 Å². The maximum Gasteiger partial charge on any atom is 0.225 e. The molecule has 1 aromatic heterocycles. The minimum Gasteiger partial charge on any atom is -0.353 e. The molecule has 5 nitrogen and oxygen atoms in total. The average Bonchev–Trinajstić information content (AvgIpc) is 3.65. The Morgan fingerprint density at radius 2 is 1.77 bits per heavy atom. The molecule has 2 aliphatic rings. The van der Waals surface area contributed by atoms with Crippen molar-refractivity contribution in [1.82, 2.24) is 14.9 Å². The summed E-state index contributed by atoms with van der Waals surface area (Å²) in [5, 5.41) is 0. The second-order valence-corrected chi connectivity index (χ2v) is 8.88. The largest absolute Gasteiger partial charge is 0.353 e. The van der Waals surface area contributed by atoms with E-state index in [9.17, 15) is 9.18 Å². The van der Waals surface area contributed by atoms with Crippen LogP contribution in [-0.4, -0.2) is 47.0 Å². The number of aromatic nitrogens is 2. The summed E-state index contributed by atoms with van der Waals surface area (Å²) in [5.74, 6) is 2.55. The molecular formula is C25H33FN4O. The minimum atomic E-state index is -0.223. The van der Waals surface area contributed by atoms with Gasteiger partial charge in [-0.1, -0.05) is 32.9 Å². The Balaban J connectivity index is 1.64. The van der Waals surface area contributed by atoms with Crippen LogP contribution in [0.25, 0.3) is 0 Å². The minimum absolute atomic E-state index is 0.223. The molecule has 1 aromatic carbocycles. The fraction of sp³-hybridized carbons (Fsp3) is 0.560. The van der Waals surface area contributed by atoms with Gasteiger partial charge in [-0.3, -0.25) is 4.79 Å². The molecule has 166 valence electrons. The predicted molar refractivity (Wildman–Crippen MR) is 121 cm³/mol. The van der Waals surface area contributed by atoms with Crippen molar-refractivity contribution in [2.75, 3.05) is 31.1 Å². The number of benzene rings is 1. The van der Waals surface area contributed by atoms with Crippen molar-refractivity contribution >= 4 is 11.7 Å². The van der Waals surface area contributed by atoms with E-state index in [1.807, 2.05) is 17.0 Å². The van der Waals surface area contributed by atoms with E-state index < -0.39 is 0 Å². The van der Waals surface area contributed by atoms with Crippen molar-refractivity contribution in [1.29, 1.82) is 0 Å². The fourth-order valence-electron chi connectivity index (χ4n) is 4.21. The van der Waals surface area contributed by atoms with Gasteiger partial charge in [0.05, 0.1) is 0 Å². The standard InChI is InChI=1S/C25H33FN4O/c1-4-17(3)23-27-22(5-2)21(16-18-6-10-20(26)11-7-18)24(28-23)29-12-14-30(15-13-29)25(31)19-8-9-19/h6-7,10-11,17,19H,4-5,8-9,12-16H2,1-3H3/t17-/m1/s1. The first-order chi connectivity index (χ1) is 15.0. The van der Waals surface area contributed by atoms with Crippen LogP contribution in [0.4, 0.5) is 10.2 Å². The number of amides is 1. The summed E-state index contributed by atoms with van der Waals surface area (Å²) in [6.07, 6.45) is 4.59. The Morgan fingerprint density at radius 3 is 2.35 bits per heavy atom. The molecule has 1 aliphatic heterocycles. The lowest BCUT2D eigenvalue weighted by Crippen LogP contribution is -2.50. The highest BCUT2D eigenvalue weighted by Gasteiger charge is 2.35. The van der Waals surface area contributed by atoms with Crippen molar-refractivity contribution in [2.45, 2.75) is 58.8 Å². The zero-order chi connectivity index (χ0) is 22.0. The molecule has 2 heterocycles. The number of anilines is 1. The van der Waals surface area contributed by atoms with E-state index >= 15 is 0 Å². The first-order valence-corrected chi connectivity index (χ1v) is 11.7. The van der Waals surface area contributed by atoms with Crippen LogP contribution in [0.15, 0.2) is 24.3 Å². The van der Waals surface area contributed by atoms with Gasteiger partial charge in [-0.05, 0) is 43.4 Å². The van der Waals surface area contributed by atoms with Crippen LogP contribution in [0.3, 0.4) is 0 Å². The molecule has 0 unspecified atom stereocenters. The molecule has 31 heavy (non-hydrogen) atoms. The maximum atomic E-state index is 13.4. The molecule has 1 atom stereocenters. The molecule has 1 aliphatic carbocycles. The van der Waals surface area contributed by atoms with E-state index in [1.165, 1.54) is 12.1 Å². The fourth-order valence-corrected chi connectivity index (χ4v) is 4.21.